The molecule has 0 aliphatic carbocycles. The highest BCUT2D eigenvalue weighted by Crippen LogP contribution is 2.24. The third-order valence-corrected chi connectivity index (χ3v) is 7.50. The number of Topliss-reactive ketones (excluding diaryl/α,β-unsaturated/α-hetero) is 1. The van der Waals surface area contributed by atoms with E-state index in [0.29, 0.717) is 22.7 Å². The Balaban J connectivity index is 1.31. The number of nitrogens with zero attached hydrogens (tertiary/aromatic N) is 2. The van der Waals surface area contributed by atoms with Gasteiger partial charge in [0, 0.05) is 30.5 Å². The van der Waals surface area contributed by atoms with E-state index in [1.807, 2.05) is 54.3 Å². The molecule has 2 amide bonds. The summed E-state index contributed by atoms with van der Waals surface area (Å²) < 4.78 is 42.8. The fourth-order valence-corrected chi connectivity index (χ4v) is 5.45. The van der Waals surface area contributed by atoms with Crippen LogP contribution in [-0.4, -0.2) is 28.8 Å². The number of aromatic nitrogens is 1. The molecule has 0 fully saturated rings. The molecule has 43 heavy (non-hydrogen) atoms. The number of ketones is 1. The van der Waals surface area contributed by atoms with E-state index in [4.69, 9.17) is 0 Å². The Morgan fingerprint density at radius 2 is 1.53 bits per heavy atom. The molecule has 0 saturated carbocycles. The van der Waals surface area contributed by atoms with Crippen molar-refractivity contribution in [2.24, 2.45) is 4.99 Å². The smallest absolute Gasteiger partial charge is 0.406 e. The van der Waals surface area contributed by atoms with Crippen LogP contribution in [0.3, 0.4) is 0 Å². The summed E-state index contributed by atoms with van der Waals surface area (Å²) in [6.45, 7) is 8.23. The second-order valence-electron chi connectivity index (χ2n) is 10.8. The molecular weight excluding hydrogens is 575 g/mol. The summed E-state index contributed by atoms with van der Waals surface area (Å²) in [6, 6.07) is 18.6. The number of nitrogens with one attached hydrogen (secondary N) is 1. The summed E-state index contributed by atoms with van der Waals surface area (Å²) >= 11 is 1.40. The molecule has 6 nitrogen and oxygen atoms in total. The zero-order valence-corrected chi connectivity index (χ0v) is 25.3. The minimum absolute atomic E-state index is 0.0588. The SMILES string of the molecule is Cc1ccc(C(C)C)c(-n2ccsc2=NC(=O)NC(C)Cc2ccc(CC(=O)Cc3ccc(OC(F)(F)F)cc3)cc2)c1. The first-order chi connectivity index (χ1) is 20.4. The fraction of sp³-hybridized carbons (Fsp3) is 0.303. The van der Waals surface area contributed by atoms with Crippen LogP contribution in [0, 0.1) is 6.92 Å². The van der Waals surface area contributed by atoms with Crippen LogP contribution in [0.5, 0.6) is 5.75 Å². The fourth-order valence-electron chi connectivity index (χ4n) is 4.74. The van der Waals surface area contributed by atoms with Crippen molar-refractivity contribution < 1.29 is 27.5 Å². The number of amides is 2. The quantitative estimate of drug-likeness (QED) is 0.203. The molecule has 4 rings (SSSR count). The average molecular weight is 610 g/mol. The number of urea groups is 1. The number of aryl methyl sites for hydroxylation is 1. The van der Waals surface area contributed by atoms with E-state index >= 15 is 0 Å². The summed E-state index contributed by atoms with van der Waals surface area (Å²) in [5, 5.41) is 4.86. The third-order valence-electron chi connectivity index (χ3n) is 6.75. The predicted octanol–water partition coefficient (Wildman–Crippen LogP) is 7.47. The molecule has 0 aliphatic heterocycles. The van der Waals surface area contributed by atoms with Crippen molar-refractivity contribution in [2.75, 3.05) is 0 Å². The first-order valence-electron chi connectivity index (χ1n) is 13.9. The highest BCUT2D eigenvalue weighted by molar-refractivity contribution is 7.07. The van der Waals surface area contributed by atoms with Crippen molar-refractivity contribution in [3.05, 3.63) is 111 Å². The Morgan fingerprint density at radius 1 is 0.930 bits per heavy atom. The molecule has 0 saturated heterocycles. The van der Waals surface area contributed by atoms with Crippen LogP contribution in [-0.2, 0) is 24.1 Å². The van der Waals surface area contributed by atoms with Crippen molar-refractivity contribution in [1.29, 1.82) is 0 Å². The van der Waals surface area contributed by atoms with Gasteiger partial charge < -0.3 is 10.1 Å². The first-order valence-corrected chi connectivity index (χ1v) is 14.8. The van der Waals surface area contributed by atoms with Gasteiger partial charge in [0.2, 0.25) is 0 Å². The number of hydrogen-bond acceptors (Lipinski definition) is 4. The molecule has 1 unspecified atom stereocenters. The molecule has 226 valence electrons. The molecule has 4 aromatic rings. The Labute approximate surface area is 252 Å². The van der Waals surface area contributed by atoms with E-state index < -0.39 is 12.4 Å². The van der Waals surface area contributed by atoms with Gasteiger partial charge in [-0.25, -0.2) is 4.79 Å². The molecule has 3 aromatic carbocycles. The lowest BCUT2D eigenvalue weighted by atomic mass is 9.99. The van der Waals surface area contributed by atoms with Crippen LogP contribution in [0.2, 0.25) is 0 Å². The molecule has 0 radical (unpaired) electrons. The van der Waals surface area contributed by atoms with Gasteiger partial charge in [-0.15, -0.1) is 24.5 Å². The minimum atomic E-state index is -4.75. The highest BCUT2D eigenvalue weighted by Gasteiger charge is 2.31. The van der Waals surface area contributed by atoms with Crippen LogP contribution < -0.4 is 14.9 Å². The molecule has 0 aliphatic rings. The molecule has 1 atom stereocenters. The van der Waals surface area contributed by atoms with Crippen molar-refractivity contribution in [3.8, 4) is 11.4 Å². The summed E-state index contributed by atoms with van der Waals surface area (Å²) in [6.07, 6.45) is -1.94. The summed E-state index contributed by atoms with van der Waals surface area (Å²) in [5.74, 6) is -0.0655. The normalized spacial score (nSPS) is 12.8. The Hall–Kier alpha value is -4.18. The number of halogens is 3. The standard InChI is InChI=1S/C33H34F3N3O3S/c1-21(2)29-14-5-22(3)17-30(29)39-15-16-43-32(39)38-31(41)37-23(4)18-24-6-8-25(9-7-24)19-27(40)20-26-10-12-28(13-11-26)42-33(34,35)36/h5-17,21,23H,18-20H2,1-4H3,(H,37,41). The van der Waals surface area contributed by atoms with Gasteiger partial charge in [-0.1, -0.05) is 62.4 Å². The van der Waals surface area contributed by atoms with Crippen LogP contribution in [0.4, 0.5) is 18.0 Å². The first kappa shape index (κ1) is 31.7. The molecule has 0 spiro atoms. The van der Waals surface area contributed by atoms with E-state index in [-0.39, 0.29) is 30.4 Å². The van der Waals surface area contributed by atoms with E-state index in [2.05, 4.69) is 47.1 Å². The monoisotopic (exact) mass is 609 g/mol. The van der Waals surface area contributed by atoms with Crippen LogP contribution in [0.1, 0.15) is 54.5 Å². The number of carbonyl (C=O) groups excluding carboxylic acids is 2. The maximum absolute atomic E-state index is 12.8. The maximum Gasteiger partial charge on any atom is 0.573 e. The third kappa shape index (κ3) is 9.41. The Morgan fingerprint density at radius 3 is 2.14 bits per heavy atom. The lowest BCUT2D eigenvalue weighted by Crippen LogP contribution is -2.33. The van der Waals surface area contributed by atoms with E-state index in [1.54, 1.807) is 0 Å². The molecular formula is C33H34F3N3O3S. The van der Waals surface area contributed by atoms with Crippen molar-refractivity contribution >= 4 is 23.2 Å². The maximum atomic E-state index is 12.8. The number of benzene rings is 3. The lowest BCUT2D eigenvalue weighted by Gasteiger charge is -2.15. The van der Waals surface area contributed by atoms with Crippen LogP contribution in [0.15, 0.2) is 83.3 Å². The zero-order valence-electron chi connectivity index (χ0n) is 24.4. The van der Waals surface area contributed by atoms with E-state index in [9.17, 15) is 22.8 Å². The summed E-state index contributed by atoms with van der Waals surface area (Å²) in [5.41, 5.74) is 5.76. The summed E-state index contributed by atoms with van der Waals surface area (Å²) in [4.78, 5) is 30.3. The van der Waals surface area contributed by atoms with Gasteiger partial charge in [-0.3, -0.25) is 9.36 Å². The van der Waals surface area contributed by atoms with E-state index in [0.717, 1.165) is 22.4 Å². The number of rotatable bonds is 10. The molecule has 1 N–H and O–H groups in total. The predicted molar refractivity (Wildman–Crippen MR) is 162 cm³/mol. The molecule has 0 bridgehead atoms. The minimum Gasteiger partial charge on any atom is -0.406 e. The molecule has 1 heterocycles. The second kappa shape index (κ2) is 13.9. The average Bonchev–Trinajstić information content (AvgIpc) is 3.37. The Bertz CT molecular complexity index is 1620. The topological polar surface area (TPSA) is 72.7 Å². The van der Waals surface area contributed by atoms with Crippen molar-refractivity contribution in [3.63, 3.8) is 0 Å². The van der Waals surface area contributed by atoms with Gasteiger partial charge in [0.1, 0.15) is 11.5 Å². The van der Waals surface area contributed by atoms with Gasteiger partial charge in [0.25, 0.3) is 0 Å². The van der Waals surface area contributed by atoms with Gasteiger partial charge in [0.15, 0.2) is 4.80 Å². The number of carbonyl (C=O) groups is 2. The van der Waals surface area contributed by atoms with Gasteiger partial charge >= 0.3 is 12.4 Å². The number of ether oxygens (including phenoxy) is 1. The van der Waals surface area contributed by atoms with Gasteiger partial charge in [0.05, 0.1) is 5.69 Å². The van der Waals surface area contributed by atoms with Gasteiger partial charge in [-0.2, -0.15) is 4.99 Å². The van der Waals surface area contributed by atoms with Crippen LogP contribution in [0.25, 0.3) is 5.69 Å². The molecule has 10 heteroatoms. The zero-order chi connectivity index (χ0) is 31.1. The number of thiazole rings is 1. The lowest BCUT2D eigenvalue weighted by molar-refractivity contribution is -0.274. The second-order valence-corrected chi connectivity index (χ2v) is 11.7. The van der Waals surface area contributed by atoms with Crippen molar-refractivity contribution in [1.82, 2.24) is 9.88 Å². The number of alkyl halides is 3. The van der Waals surface area contributed by atoms with Crippen molar-refractivity contribution in [2.45, 2.75) is 65.3 Å². The largest absolute Gasteiger partial charge is 0.573 e. The molecule has 1 aromatic heterocycles. The van der Waals surface area contributed by atoms with E-state index in [1.165, 1.54) is 41.2 Å². The van der Waals surface area contributed by atoms with Crippen LogP contribution >= 0.6 is 11.3 Å². The Kier molecular flexibility index (Phi) is 10.2. The summed E-state index contributed by atoms with van der Waals surface area (Å²) in [7, 11) is 0. The van der Waals surface area contributed by atoms with Gasteiger partial charge in [-0.05, 0) is 72.2 Å². The number of hydrogen-bond donors (Lipinski definition) is 1. The highest BCUT2D eigenvalue weighted by atomic mass is 32.1.